The molecule has 1 aromatic carbocycles. The molecule has 3 N–H and O–H groups in total. The molecule has 26 heavy (non-hydrogen) atoms. The zero-order chi connectivity index (χ0) is 18.5. The van der Waals surface area contributed by atoms with Crippen LogP contribution in [-0.4, -0.2) is 45.2 Å². The van der Waals surface area contributed by atoms with Crippen LogP contribution < -0.4 is 16.0 Å². The second kappa shape index (κ2) is 14.8. The van der Waals surface area contributed by atoms with Crippen molar-refractivity contribution in [2.45, 2.75) is 33.7 Å². The van der Waals surface area contributed by atoms with Gasteiger partial charge in [0.1, 0.15) is 0 Å². The van der Waals surface area contributed by atoms with Crippen molar-refractivity contribution in [2.75, 3.05) is 33.4 Å². The number of carbonyl (C=O) groups excluding carboxylic acids is 1. The van der Waals surface area contributed by atoms with Crippen LogP contribution in [0.5, 0.6) is 0 Å². The Kier molecular flexibility index (Phi) is 14.0. The number of carbonyl (C=O) groups is 1. The number of nitrogens with zero attached hydrogens (tertiary/aromatic N) is 1. The Labute approximate surface area is 174 Å². The summed E-state index contributed by atoms with van der Waals surface area (Å²) in [5.41, 5.74) is 1.77. The highest BCUT2D eigenvalue weighted by atomic mass is 127. The topological polar surface area (TPSA) is 74.8 Å². The molecule has 0 bridgehead atoms. The molecular weight excluding hydrogens is 443 g/mol. The van der Waals surface area contributed by atoms with E-state index in [4.69, 9.17) is 4.74 Å². The molecule has 0 aliphatic heterocycles. The largest absolute Gasteiger partial charge is 0.381 e. The van der Waals surface area contributed by atoms with Crippen molar-refractivity contribution in [2.24, 2.45) is 10.9 Å². The fourth-order valence-electron chi connectivity index (χ4n) is 2.14. The van der Waals surface area contributed by atoms with Crippen molar-refractivity contribution in [1.82, 2.24) is 16.0 Å². The van der Waals surface area contributed by atoms with Gasteiger partial charge >= 0.3 is 0 Å². The summed E-state index contributed by atoms with van der Waals surface area (Å²) in [7, 11) is 1.75. The summed E-state index contributed by atoms with van der Waals surface area (Å²) < 4.78 is 5.55. The van der Waals surface area contributed by atoms with E-state index in [0.717, 1.165) is 37.7 Å². The lowest BCUT2D eigenvalue weighted by Gasteiger charge is -2.12. The number of benzene rings is 1. The first kappa shape index (κ1) is 24.7. The Hall–Kier alpha value is -1.35. The van der Waals surface area contributed by atoms with Gasteiger partial charge in [0, 0.05) is 45.5 Å². The maximum absolute atomic E-state index is 11.7. The summed E-state index contributed by atoms with van der Waals surface area (Å²) in [5, 5.41) is 9.33. The maximum atomic E-state index is 11.7. The van der Waals surface area contributed by atoms with Crippen LogP contribution in [0, 0.1) is 5.92 Å². The fourth-order valence-corrected chi connectivity index (χ4v) is 2.14. The highest BCUT2D eigenvalue weighted by Gasteiger charge is 2.04. The number of guanidine groups is 1. The number of halogens is 1. The molecule has 7 heteroatoms. The lowest BCUT2D eigenvalue weighted by molar-refractivity contribution is 0.0956. The van der Waals surface area contributed by atoms with E-state index < -0.39 is 0 Å². The first-order chi connectivity index (χ1) is 12.1. The molecule has 0 saturated heterocycles. The SMILES string of the molecule is CCNC(=O)c1ccc(CNC(=NC)NCCCOCC(C)C)cc1.I. The number of hydrogen-bond acceptors (Lipinski definition) is 3. The van der Waals surface area contributed by atoms with Gasteiger partial charge in [0.25, 0.3) is 5.91 Å². The molecule has 0 heterocycles. The lowest BCUT2D eigenvalue weighted by Crippen LogP contribution is -2.37. The highest BCUT2D eigenvalue weighted by Crippen LogP contribution is 2.04. The van der Waals surface area contributed by atoms with Gasteiger partial charge in [0.05, 0.1) is 0 Å². The van der Waals surface area contributed by atoms with Gasteiger partial charge in [-0.1, -0.05) is 26.0 Å². The summed E-state index contributed by atoms with van der Waals surface area (Å²) in [6.07, 6.45) is 0.939. The second-order valence-electron chi connectivity index (χ2n) is 6.23. The van der Waals surface area contributed by atoms with E-state index in [2.05, 4.69) is 34.8 Å². The number of rotatable bonds is 10. The molecular formula is C19H33IN4O2. The normalized spacial score (nSPS) is 11.0. The summed E-state index contributed by atoms with van der Waals surface area (Å²) in [4.78, 5) is 15.9. The van der Waals surface area contributed by atoms with Crippen molar-refractivity contribution in [3.63, 3.8) is 0 Å². The predicted octanol–water partition coefficient (Wildman–Crippen LogP) is 2.78. The first-order valence-corrected chi connectivity index (χ1v) is 8.96. The molecule has 0 saturated carbocycles. The molecule has 148 valence electrons. The molecule has 6 nitrogen and oxygen atoms in total. The van der Waals surface area contributed by atoms with Crippen LogP contribution in [0.2, 0.25) is 0 Å². The van der Waals surface area contributed by atoms with Crippen molar-refractivity contribution < 1.29 is 9.53 Å². The maximum Gasteiger partial charge on any atom is 0.251 e. The van der Waals surface area contributed by atoms with Gasteiger partial charge in [0.2, 0.25) is 0 Å². The van der Waals surface area contributed by atoms with Crippen molar-refractivity contribution >= 4 is 35.8 Å². The second-order valence-corrected chi connectivity index (χ2v) is 6.23. The van der Waals surface area contributed by atoms with E-state index >= 15 is 0 Å². The minimum absolute atomic E-state index is 0. The summed E-state index contributed by atoms with van der Waals surface area (Å²) in [6.45, 7) is 9.85. The molecule has 0 unspecified atom stereocenters. The van der Waals surface area contributed by atoms with Crippen LogP contribution >= 0.6 is 24.0 Å². The number of amides is 1. The van der Waals surface area contributed by atoms with Gasteiger partial charge < -0.3 is 20.7 Å². The molecule has 0 atom stereocenters. The minimum atomic E-state index is -0.0424. The van der Waals surface area contributed by atoms with Gasteiger partial charge in [-0.25, -0.2) is 0 Å². The molecule has 1 amide bonds. The Bertz CT molecular complexity index is 533. The zero-order valence-corrected chi connectivity index (χ0v) is 18.6. The van der Waals surface area contributed by atoms with Crippen LogP contribution in [0.4, 0.5) is 0 Å². The predicted molar refractivity (Wildman–Crippen MR) is 118 cm³/mol. The summed E-state index contributed by atoms with van der Waals surface area (Å²) >= 11 is 0. The Morgan fingerprint density at radius 3 is 2.42 bits per heavy atom. The molecule has 0 spiro atoms. The van der Waals surface area contributed by atoms with E-state index in [1.54, 1.807) is 7.05 Å². The van der Waals surface area contributed by atoms with Crippen molar-refractivity contribution in [3.8, 4) is 0 Å². The van der Waals surface area contributed by atoms with Crippen LogP contribution in [0.25, 0.3) is 0 Å². The zero-order valence-electron chi connectivity index (χ0n) is 16.3. The van der Waals surface area contributed by atoms with Crippen LogP contribution in [0.1, 0.15) is 43.1 Å². The van der Waals surface area contributed by atoms with E-state index in [1.165, 1.54) is 0 Å². The standard InChI is InChI=1S/C19H32N4O2.HI/c1-5-21-18(24)17-9-7-16(8-10-17)13-23-19(20-4)22-11-6-12-25-14-15(2)3;/h7-10,15H,5-6,11-14H2,1-4H3,(H,21,24)(H2,20,22,23);1H. The van der Waals surface area contributed by atoms with E-state index in [0.29, 0.717) is 24.6 Å². The lowest BCUT2D eigenvalue weighted by atomic mass is 10.1. The average molecular weight is 476 g/mol. The van der Waals surface area contributed by atoms with Gasteiger partial charge in [-0.05, 0) is 37.0 Å². The van der Waals surface area contributed by atoms with Crippen molar-refractivity contribution in [1.29, 1.82) is 0 Å². The van der Waals surface area contributed by atoms with E-state index in [-0.39, 0.29) is 29.9 Å². The van der Waals surface area contributed by atoms with Crippen LogP contribution in [0.3, 0.4) is 0 Å². The fraction of sp³-hybridized carbons (Fsp3) is 0.579. The number of ether oxygens (including phenoxy) is 1. The number of hydrogen-bond donors (Lipinski definition) is 3. The molecule has 0 radical (unpaired) electrons. The molecule has 0 aliphatic rings. The van der Waals surface area contributed by atoms with Crippen molar-refractivity contribution in [3.05, 3.63) is 35.4 Å². The molecule has 0 aliphatic carbocycles. The third kappa shape index (κ3) is 10.6. The average Bonchev–Trinajstić information content (AvgIpc) is 2.61. The highest BCUT2D eigenvalue weighted by molar-refractivity contribution is 14.0. The quantitative estimate of drug-likeness (QED) is 0.210. The monoisotopic (exact) mass is 476 g/mol. The molecule has 1 rings (SSSR count). The third-order valence-electron chi connectivity index (χ3n) is 3.45. The van der Waals surface area contributed by atoms with Crippen LogP contribution in [0.15, 0.2) is 29.3 Å². The first-order valence-electron chi connectivity index (χ1n) is 8.96. The summed E-state index contributed by atoms with van der Waals surface area (Å²) in [5.74, 6) is 1.29. The summed E-state index contributed by atoms with van der Waals surface area (Å²) in [6, 6.07) is 7.57. The molecule has 1 aromatic rings. The number of aliphatic imine (C=N–C) groups is 1. The Balaban J connectivity index is 0.00000625. The van der Waals surface area contributed by atoms with Gasteiger partial charge in [0.15, 0.2) is 5.96 Å². The molecule has 0 fully saturated rings. The van der Waals surface area contributed by atoms with Crippen LogP contribution in [-0.2, 0) is 11.3 Å². The Morgan fingerprint density at radius 1 is 1.15 bits per heavy atom. The van der Waals surface area contributed by atoms with Gasteiger partial charge in [-0.2, -0.15) is 0 Å². The van der Waals surface area contributed by atoms with E-state index in [1.807, 2.05) is 31.2 Å². The Morgan fingerprint density at radius 2 is 1.85 bits per heavy atom. The minimum Gasteiger partial charge on any atom is -0.381 e. The van der Waals surface area contributed by atoms with Gasteiger partial charge in [-0.3, -0.25) is 9.79 Å². The third-order valence-corrected chi connectivity index (χ3v) is 3.45. The van der Waals surface area contributed by atoms with Gasteiger partial charge in [-0.15, -0.1) is 24.0 Å². The van der Waals surface area contributed by atoms with E-state index in [9.17, 15) is 4.79 Å². The smallest absolute Gasteiger partial charge is 0.251 e. The number of nitrogens with one attached hydrogen (secondary N) is 3. The molecule has 0 aromatic heterocycles.